The van der Waals surface area contributed by atoms with Crippen molar-refractivity contribution in [3.05, 3.63) is 23.3 Å². The van der Waals surface area contributed by atoms with Gasteiger partial charge in [-0.15, -0.1) is 0 Å². The molecule has 0 aliphatic carbocycles. The van der Waals surface area contributed by atoms with Gasteiger partial charge in [-0.2, -0.15) is 5.26 Å². The van der Waals surface area contributed by atoms with E-state index >= 15 is 0 Å². The number of aromatic nitrogens is 1. The van der Waals surface area contributed by atoms with Crippen molar-refractivity contribution in [1.82, 2.24) is 4.98 Å². The SMILES string of the molecule is N#Cc1nc(C(F)F)cc(F)c1O. The van der Waals surface area contributed by atoms with Gasteiger partial charge in [-0.1, -0.05) is 0 Å². The average molecular weight is 188 g/mol. The smallest absolute Gasteiger partial charge is 0.280 e. The molecule has 0 unspecified atom stereocenters. The van der Waals surface area contributed by atoms with Crippen LogP contribution in [0.5, 0.6) is 5.75 Å². The third-order valence-electron chi connectivity index (χ3n) is 1.30. The zero-order chi connectivity index (χ0) is 10.0. The number of halogens is 3. The Bertz CT molecular complexity index is 373. The van der Waals surface area contributed by atoms with Crippen LogP contribution >= 0.6 is 0 Å². The van der Waals surface area contributed by atoms with E-state index in [4.69, 9.17) is 10.4 Å². The van der Waals surface area contributed by atoms with Crippen molar-refractivity contribution in [3.8, 4) is 11.8 Å². The standard InChI is InChI=1S/C7H3F3N2O/c8-3-1-4(7(9)10)12-5(2-11)6(3)13/h1,7,13H. The van der Waals surface area contributed by atoms with Gasteiger partial charge in [0.15, 0.2) is 17.3 Å². The summed E-state index contributed by atoms with van der Waals surface area (Å²) in [5.74, 6) is -2.28. The Kier molecular flexibility index (Phi) is 2.37. The van der Waals surface area contributed by atoms with Crippen molar-refractivity contribution < 1.29 is 18.3 Å². The molecule has 0 saturated heterocycles. The maximum Gasteiger partial charge on any atom is 0.280 e. The summed E-state index contributed by atoms with van der Waals surface area (Å²) in [6.45, 7) is 0. The fourth-order valence-electron chi connectivity index (χ4n) is 0.715. The molecule has 1 heterocycles. The van der Waals surface area contributed by atoms with E-state index in [-0.39, 0.29) is 0 Å². The molecule has 1 rings (SSSR count). The average Bonchev–Trinajstić information content (AvgIpc) is 2.09. The summed E-state index contributed by atoms with van der Waals surface area (Å²) >= 11 is 0. The number of nitriles is 1. The van der Waals surface area contributed by atoms with Gasteiger partial charge < -0.3 is 5.11 Å². The molecule has 0 aliphatic heterocycles. The summed E-state index contributed by atoms with van der Waals surface area (Å²) < 4.78 is 36.6. The molecule has 0 saturated carbocycles. The van der Waals surface area contributed by atoms with E-state index in [9.17, 15) is 13.2 Å². The Morgan fingerprint density at radius 3 is 2.62 bits per heavy atom. The minimum absolute atomic E-state index is 0.390. The summed E-state index contributed by atoms with van der Waals surface area (Å²) in [6.07, 6.45) is -2.97. The van der Waals surface area contributed by atoms with Crippen LogP contribution in [-0.4, -0.2) is 10.1 Å². The third-order valence-corrected chi connectivity index (χ3v) is 1.30. The second-order valence-corrected chi connectivity index (χ2v) is 2.14. The minimum Gasteiger partial charge on any atom is -0.503 e. The lowest BCUT2D eigenvalue weighted by atomic mass is 10.3. The van der Waals surface area contributed by atoms with E-state index < -0.39 is 29.4 Å². The van der Waals surface area contributed by atoms with Crippen molar-refractivity contribution in [1.29, 1.82) is 5.26 Å². The molecule has 3 nitrogen and oxygen atoms in total. The highest BCUT2D eigenvalue weighted by atomic mass is 19.3. The van der Waals surface area contributed by atoms with E-state index in [0.717, 1.165) is 0 Å². The highest BCUT2D eigenvalue weighted by Crippen LogP contribution is 2.24. The Balaban J connectivity index is 3.32. The molecule has 0 spiro atoms. The van der Waals surface area contributed by atoms with Crippen molar-refractivity contribution >= 4 is 0 Å². The van der Waals surface area contributed by atoms with Crippen LogP contribution < -0.4 is 0 Å². The number of alkyl halides is 2. The first-order chi connectivity index (χ1) is 6.06. The number of pyridine rings is 1. The monoisotopic (exact) mass is 188 g/mol. The van der Waals surface area contributed by atoms with E-state index in [1.165, 1.54) is 6.07 Å². The van der Waals surface area contributed by atoms with Crippen LogP contribution in [0.2, 0.25) is 0 Å². The molecule has 0 aromatic carbocycles. The summed E-state index contributed by atoms with van der Waals surface area (Å²) in [5.41, 5.74) is -1.61. The van der Waals surface area contributed by atoms with E-state index in [0.29, 0.717) is 6.07 Å². The van der Waals surface area contributed by atoms with E-state index in [1.807, 2.05) is 0 Å². The van der Waals surface area contributed by atoms with Crippen molar-refractivity contribution in [2.45, 2.75) is 6.43 Å². The number of nitrogens with zero attached hydrogens (tertiary/aromatic N) is 2. The zero-order valence-electron chi connectivity index (χ0n) is 6.13. The molecule has 1 N–H and O–H groups in total. The van der Waals surface area contributed by atoms with Crippen LogP contribution in [0.15, 0.2) is 6.07 Å². The third kappa shape index (κ3) is 1.69. The van der Waals surface area contributed by atoms with Gasteiger partial charge in [0.05, 0.1) is 0 Å². The van der Waals surface area contributed by atoms with Gasteiger partial charge in [-0.25, -0.2) is 18.2 Å². The lowest BCUT2D eigenvalue weighted by molar-refractivity contribution is 0.145. The summed E-state index contributed by atoms with van der Waals surface area (Å²) in [5, 5.41) is 17.1. The van der Waals surface area contributed by atoms with Crippen LogP contribution in [0.25, 0.3) is 0 Å². The number of hydrogen-bond acceptors (Lipinski definition) is 3. The molecular weight excluding hydrogens is 185 g/mol. The molecular formula is C7H3F3N2O. The Morgan fingerprint density at radius 1 is 1.54 bits per heavy atom. The quantitative estimate of drug-likeness (QED) is 0.730. The van der Waals surface area contributed by atoms with Crippen LogP contribution in [0, 0.1) is 17.1 Å². The lowest BCUT2D eigenvalue weighted by Gasteiger charge is -2.01. The molecule has 0 amide bonds. The molecule has 13 heavy (non-hydrogen) atoms. The van der Waals surface area contributed by atoms with Gasteiger partial charge in [0, 0.05) is 6.07 Å². The molecule has 1 aromatic rings. The molecule has 0 bridgehead atoms. The topological polar surface area (TPSA) is 56.9 Å². The lowest BCUT2D eigenvalue weighted by Crippen LogP contribution is -1.96. The predicted octanol–water partition coefficient (Wildman–Crippen LogP) is 1.74. The molecule has 6 heteroatoms. The maximum atomic E-state index is 12.6. The van der Waals surface area contributed by atoms with Crippen molar-refractivity contribution in [2.24, 2.45) is 0 Å². The van der Waals surface area contributed by atoms with Crippen molar-refractivity contribution in [2.75, 3.05) is 0 Å². The van der Waals surface area contributed by atoms with Crippen molar-refractivity contribution in [3.63, 3.8) is 0 Å². The highest BCUT2D eigenvalue weighted by molar-refractivity contribution is 5.38. The Hall–Kier alpha value is -1.77. The highest BCUT2D eigenvalue weighted by Gasteiger charge is 2.16. The number of hydrogen-bond donors (Lipinski definition) is 1. The fraction of sp³-hybridized carbons (Fsp3) is 0.143. The summed E-state index contributed by atoms with van der Waals surface area (Å²) in [4.78, 5) is 3.05. The molecule has 1 aromatic heterocycles. The molecule has 0 atom stereocenters. The zero-order valence-corrected chi connectivity index (χ0v) is 6.13. The van der Waals surface area contributed by atoms with Gasteiger partial charge in [0.25, 0.3) is 6.43 Å². The molecule has 0 radical (unpaired) electrons. The van der Waals surface area contributed by atoms with Crippen LogP contribution in [0.1, 0.15) is 17.8 Å². The van der Waals surface area contributed by atoms with Gasteiger partial charge in [0.2, 0.25) is 0 Å². The van der Waals surface area contributed by atoms with E-state index in [1.54, 1.807) is 0 Å². The van der Waals surface area contributed by atoms with Gasteiger partial charge >= 0.3 is 0 Å². The predicted molar refractivity (Wildman–Crippen MR) is 35.5 cm³/mol. The normalized spacial score (nSPS) is 10.1. The maximum absolute atomic E-state index is 12.6. The molecule has 0 fully saturated rings. The van der Waals surface area contributed by atoms with E-state index in [2.05, 4.69) is 4.98 Å². The second-order valence-electron chi connectivity index (χ2n) is 2.14. The first kappa shape index (κ1) is 9.32. The van der Waals surface area contributed by atoms with Gasteiger partial charge in [0.1, 0.15) is 11.8 Å². The minimum atomic E-state index is -2.97. The van der Waals surface area contributed by atoms with Crippen LogP contribution in [0.3, 0.4) is 0 Å². The summed E-state index contributed by atoms with van der Waals surface area (Å²) in [6, 6.07) is 1.69. The first-order valence-electron chi connectivity index (χ1n) is 3.14. The number of aromatic hydroxyl groups is 1. The van der Waals surface area contributed by atoms with Crippen LogP contribution in [0.4, 0.5) is 13.2 Å². The Labute approximate surface area is 71.1 Å². The van der Waals surface area contributed by atoms with Gasteiger partial charge in [-0.3, -0.25) is 0 Å². The molecule has 0 aliphatic rings. The fourth-order valence-corrected chi connectivity index (χ4v) is 0.715. The Morgan fingerprint density at radius 2 is 2.15 bits per heavy atom. The largest absolute Gasteiger partial charge is 0.503 e. The van der Waals surface area contributed by atoms with Crippen LogP contribution in [-0.2, 0) is 0 Å². The second kappa shape index (κ2) is 3.31. The number of rotatable bonds is 1. The first-order valence-corrected chi connectivity index (χ1v) is 3.14. The summed E-state index contributed by atoms with van der Waals surface area (Å²) in [7, 11) is 0. The van der Waals surface area contributed by atoms with Gasteiger partial charge in [-0.05, 0) is 0 Å². The molecule has 68 valence electrons.